The van der Waals surface area contributed by atoms with Crippen LogP contribution < -0.4 is 20.1 Å². The first-order valence-corrected chi connectivity index (χ1v) is 7.79. The lowest BCUT2D eigenvalue weighted by atomic mass is 10.2. The van der Waals surface area contributed by atoms with E-state index in [0.717, 1.165) is 12.1 Å². The van der Waals surface area contributed by atoms with Crippen LogP contribution in [0.1, 0.15) is 5.56 Å². The van der Waals surface area contributed by atoms with Gasteiger partial charge in [0.25, 0.3) is 5.91 Å². The van der Waals surface area contributed by atoms with Gasteiger partial charge in [-0.15, -0.1) is 0 Å². The third kappa shape index (κ3) is 6.21. The summed E-state index contributed by atoms with van der Waals surface area (Å²) in [5.41, 5.74) is -0.899. The van der Waals surface area contributed by atoms with Crippen molar-refractivity contribution in [2.24, 2.45) is 0 Å². The van der Waals surface area contributed by atoms with Gasteiger partial charge >= 0.3 is 6.18 Å². The molecule has 0 atom stereocenters. The van der Waals surface area contributed by atoms with E-state index in [2.05, 4.69) is 10.6 Å². The van der Waals surface area contributed by atoms with Gasteiger partial charge < -0.3 is 20.1 Å². The SMILES string of the molecule is COc1ccccc1OCC(=O)NCC(=O)Nc1cccc(C(F)(F)F)c1. The Labute approximate surface area is 153 Å². The molecule has 27 heavy (non-hydrogen) atoms. The molecular formula is C18H17F3N2O4. The third-order valence-electron chi connectivity index (χ3n) is 3.35. The highest BCUT2D eigenvalue weighted by Gasteiger charge is 2.30. The van der Waals surface area contributed by atoms with Gasteiger partial charge in [-0.25, -0.2) is 0 Å². The minimum Gasteiger partial charge on any atom is -0.493 e. The molecule has 2 aromatic carbocycles. The Morgan fingerprint density at radius 3 is 2.37 bits per heavy atom. The van der Waals surface area contributed by atoms with Gasteiger partial charge in [0.05, 0.1) is 19.2 Å². The van der Waals surface area contributed by atoms with Gasteiger partial charge in [-0.3, -0.25) is 9.59 Å². The zero-order chi connectivity index (χ0) is 19.9. The number of benzene rings is 2. The number of amides is 2. The zero-order valence-corrected chi connectivity index (χ0v) is 14.3. The fourth-order valence-electron chi connectivity index (χ4n) is 2.09. The molecule has 2 N–H and O–H groups in total. The van der Waals surface area contributed by atoms with Crippen LogP contribution in [0, 0.1) is 0 Å². The van der Waals surface area contributed by atoms with Crippen molar-refractivity contribution in [2.45, 2.75) is 6.18 Å². The summed E-state index contributed by atoms with van der Waals surface area (Å²) < 4.78 is 48.3. The van der Waals surface area contributed by atoms with Gasteiger partial charge in [-0.05, 0) is 30.3 Å². The Morgan fingerprint density at radius 1 is 1.00 bits per heavy atom. The molecule has 0 aliphatic carbocycles. The van der Waals surface area contributed by atoms with Gasteiger partial charge in [0.2, 0.25) is 5.91 Å². The molecule has 6 nitrogen and oxygen atoms in total. The van der Waals surface area contributed by atoms with Crippen LogP contribution in [0.3, 0.4) is 0 Å². The molecule has 9 heteroatoms. The number of methoxy groups -OCH3 is 1. The Kier molecular flexibility index (Phi) is 6.64. The highest BCUT2D eigenvalue weighted by molar-refractivity contribution is 5.94. The molecule has 0 radical (unpaired) electrons. The summed E-state index contributed by atoms with van der Waals surface area (Å²) in [6, 6.07) is 10.9. The van der Waals surface area contributed by atoms with Crippen molar-refractivity contribution in [1.82, 2.24) is 5.32 Å². The minimum atomic E-state index is -4.51. The Balaban J connectivity index is 1.81. The second-order valence-electron chi connectivity index (χ2n) is 5.34. The van der Waals surface area contributed by atoms with Gasteiger partial charge in [0, 0.05) is 5.69 Å². The number of hydrogen-bond acceptors (Lipinski definition) is 4. The first-order valence-electron chi connectivity index (χ1n) is 7.79. The number of para-hydroxylation sites is 2. The summed E-state index contributed by atoms with van der Waals surface area (Å²) in [7, 11) is 1.46. The molecule has 0 aromatic heterocycles. The van der Waals surface area contributed by atoms with Crippen molar-refractivity contribution < 1.29 is 32.2 Å². The molecule has 0 saturated carbocycles. The summed E-state index contributed by atoms with van der Waals surface area (Å²) in [5, 5.41) is 4.60. The number of anilines is 1. The Morgan fingerprint density at radius 2 is 1.70 bits per heavy atom. The van der Waals surface area contributed by atoms with E-state index in [9.17, 15) is 22.8 Å². The first-order chi connectivity index (χ1) is 12.8. The number of ether oxygens (including phenoxy) is 2. The molecule has 0 aliphatic heterocycles. The van der Waals surface area contributed by atoms with E-state index in [1.54, 1.807) is 24.3 Å². The molecule has 0 aliphatic rings. The van der Waals surface area contributed by atoms with Crippen molar-refractivity contribution in [3.63, 3.8) is 0 Å². The van der Waals surface area contributed by atoms with E-state index >= 15 is 0 Å². The number of rotatable bonds is 7. The van der Waals surface area contributed by atoms with Crippen LogP contribution in [-0.2, 0) is 15.8 Å². The molecule has 0 unspecified atom stereocenters. The maximum Gasteiger partial charge on any atom is 0.416 e. The zero-order valence-electron chi connectivity index (χ0n) is 14.3. The highest BCUT2D eigenvalue weighted by atomic mass is 19.4. The monoisotopic (exact) mass is 382 g/mol. The predicted molar refractivity (Wildman–Crippen MR) is 91.6 cm³/mol. The van der Waals surface area contributed by atoms with Crippen molar-refractivity contribution in [1.29, 1.82) is 0 Å². The van der Waals surface area contributed by atoms with Crippen molar-refractivity contribution in [2.75, 3.05) is 25.6 Å². The van der Waals surface area contributed by atoms with E-state index in [0.29, 0.717) is 11.5 Å². The average molecular weight is 382 g/mol. The number of nitrogens with one attached hydrogen (secondary N) is 2. The molecule has 2 amide bonds. The van der Waals surface area contributed by atoms with Crippen molar-refractivity contribution in [3.05, 3.63) is 54.1 Å². The van der Waals surface area contributed by atoms with E-state index in [1.165, 1.54) is 19.2 Å². The van der Waals surface area contributed by atoms with Gasteiger partial charge in [-0.1, -0.05) is 18.2 Å². The van der Waals surface area contributed by atoms with Gasteiger partial charge in [-0.2, -0.15) is 13.2 Å². The molecule has 0 fully saturated rings. The lowest BCUT2D eigenvalue weighted by Crippen LogP contribution is -2.35. The summed E-state index contributed by atoms with van der Waals surface area (Å²) >= 11 is 0. The van der Waals surface area contributed by atoms with Gasteiger partial charge in [0.15, 0.2) is 18.1 Å². The first kappa shape index (κ1) is 20.1. The molecule has 0 bridgehead atoms. The maximum absolute atomic E-state index is 12.6. The van der Waals surface area contributed by atoms with Crippen LogP contribution >= 0.6 is 0 Å². The molecular weight excluding hydrogens is 365 g/mol. The quantitative estimate of drug-likeness (QED) is 0.772. The van der Waals surface area contributed by atoms with Crippen LogP contribution in [0.2, 0.25) is 0 Å². The smallest absolute Gasteiger partial charge is 0.416 e. The van der Waals surface area contributed by atoms with E-state index in [1.807, 2.05) is 0 Å². The second-order valence-corrected chi connectivity index (χ2v) is 5.34. The molecule has 2 aromatic rings. The molecule has 0 spiro atoms. The minimum absolute atomic E-state index is 0.0191. The summed E-state index contributed by atoms with van der Waals surface area (Å²) in [4.78, 5) is 23.5. The Bertz CT molecular complexity index is 809. The van der Waals surface area contributed by atoms with Crippen molar-refractivity contribution in [3.8, 4) is 11.5 Å². The largest absolute Gasteiger partial charge is 0.493 e. The van der Waals surface area contributed by atoms with Crippen LogP contribution in [0.4, 0.5) is 18.9 Å². The topological polar surface area (TPSA) is 76.7 Å². The number of hydrogen-bond donors (Lipinski definition) is 2. The van der Waals surface area contributed by atoms with Gasteiger partial charge in [0.1, 0.15) is 0 Å². The molecule has 0 heterocycles. The number of carbonyl (C=O) groups is 2. The number of alkyl halides is 3. The van der Waals surface area contributed by atoms with E-state index < -0.39 is 30.1 Å². The van der Waals surface area contributed by atoms with E-state index in [4.69, 9.17) is 9.47 Å². The standard InChI is InChI=1S/C18H17F3N2O4/c1-26-14-7-2-3-8-15(14)27-11-17(25)22-10-16(24)23-13-6-4-5-12(9-13)18(19,20)21/h2-9H,10-11H2,1H3,(H,22,25)(H,23,24). The maximum atomic E-state index is 12.6. The molecule has 144 valence electrons. The summed E-state index contributed by atoms with van der Waals surface area (Å²) in [5.74, 6) is -0.420. The van der Waals surface area contributed by atoms with Crippen LogP contribution in [-0.4, -0.2) is 32.1 Å². The van der Waals surface area contributed by atoms with Crippen LogP contribution in [0.25, 0.3) is 0 Å². The lowest BCUT2D eigenvalue weighted by molar-refractivity contribution is -0.137. The molecule has 0 saturated heterocycles. The van der Waals surface area contributed by atoms with Crippen LogP contribution in [0.15, 0.2) is 48.5 Å². The van der Waals surface area contributed by atoms with E-state index in [-0.39, 0.29) is 12.3 Å². The third-order valence-corrected chi connectivity index (χ3v) is 3.35. The summed E-state index contributed by atoms with van der Waals surface area (Å²) in [6.07, 6.45) is -4.51. The Hall–Kier alpha value is -3.23. The molecule has 2 rings (SSSR count). The fourth-order valence-corrected chi connectivity index (χ4v) is 2.09. The number of carbonyl (C=O) groups excluding carboxylic acids is 2. The second kappa shape index (κ2) is 8.93. The predicted octanol–water partition coefficient (Wildman–Crippen LogP) is 2.85. The number of halogens is 3. The normalized spacial score (nSPS) is 10.8. The van der Waals surface area contributed by atoms with Crippen LogP contribution in [0.5, 0.6) is 11.5 Å². The lowest BCUT2D eigenvalue weighted by Gasteiger charge is -2.11. The fraction of sp³-hybridized carbons (Fsp3) is 0.222. The average Bonchev–Trinajstić information content (AvgIpc) is 2.64. The highest BCUT2D eigenvalue weighted by Crippen LogP contribution is 2.30. The van der Waals surface area contributed by atoms with Crippen molar-refractivity contribution >= 4 is 17.5 Å². The summed E-state index contributed by atoms with van der Waals surface area (Å²) in [6.45, 7) is -0.762.